The molecule has 18 heavy (non-hydrogen) atoms. The lowest BCUT2D eigenvalue weighted by Crippen LogP contribution is -2.17. The molecule has 2 aromatic rings. The van der Waals surface area contributed by atoms with Crippen LogP contribution in [0.1, 0.15) is 30.0 Å². The Morgan fingerprint density at radius 3 is 2.89 bits per heavy atom. The van der Waals surface area contributed by atoms with E-state index in [1.807, 2.05) is 24.4 Å². The predicted octanol–water partition coefficient (Wildman–Crippen LogP) is 3.39. The maximum atomic E-state index is 5.71. The van der Waals surface area contributed by atoms with E-state index in [9.17, 15) is 0 Å². The van der Waals surface area contributed by atoms with Gasteiger partial charge in [0.05, 0.1) is 12.3 Å². The highest BCUT2D eigenvalue weighted by atomic mass is 32.2. The summed E-state index contributed by atoms with van der Waals surface area (Å²) in [6.45, 7) is 2.87. The van der Waals surface area contributed by atoms with Crippen molar-refractivity contribution in [3.8, 4) is 0 Å². The van der Waals surface area contributed by atoms with Crippen molar-refractivity contribution in [2.75, 3.05) is 6.26 Å². The van der Waals surface area contributed by atoms with Gasteiger partial charge in [-0.3, -0.25) is 4.98 Å². The normalized spacial score (nSPS) is 12.6. The van der Waals surface area contributed by atoms with Crippen molar-refractivity contribution in [2.24, 2.45) is 0 Å². The quantitative estimate of drug-likeness (QED) is 0.866. The van der Waals surface area contributed by atoms with E-state index in [-0.39, 0.29) is 6.04 Å². The third kappa shape index (κ3) is 3.62. The van der Waals surface area contributed by atoms with E-state index < -0.39 is 0 Å². The molecule has 0 saturated heterocycles. The molecule has 0 aliphatic carbocycles. The second-order valence-electron chi connectivity index (χ2n) is 4.19. The maximum absolute atomic E-state index is 5.71. The number of furan rings is 1. The van der Waals surface area contributed by atoms with Crippen LogP contribution in [0.5, 0.6) is 0 Å². The number of nitrogens with one attached hydrogen (secondary N) is 1. The number of pyridine rings is 1. The Morgan fingerprint density at radius 1 is 1.33 bits per heavy atom. The van der Waals surface area contributed by atoms with Gasteiger partial charge in [0.2, 0.25) is 0 Å². The summed E-state index contributed by atoms with van der Waals surface area (Å²) in [5, 5.41) is 3.43. The monoisotopic (exact) mass is 262 g/mol. The van der Waals surface area contributed by atoms with Crippen molar-refractivity contribution in [1.82, 2.24) is 10.3 Å². The fraction of sp³-hybridized carbons (Fsp3) is 0.357. The van der Waals surface area contributed by atoms with E-state index >= 15 is 0 Å². The number of thioether (sulfide) groups is 1. The zero-order valence-corrected chi connectivity index (χ0v) is 11.5. The van der Waals surface area contributed by atoms with E-state index in [2.05, 4.69) is 29.5 Å². The van der Waals surface area contributed by atoms with Crippen molar-refractivity contribution >= 4 is 11.8 Å². The zero-order valence-electron chi connectivity index (χ0n) is 10.7. The molecule has 0 unspecified atom stereocenters. The molecule has 1 atom stereocenters. The van der Waals surface area contributed by atoms with Crippen molar-refractivity contribution in [3.63, 3.8) is 0 Å². The maximum Gasteiger partial charge on any atom is 0.118 e. The number of hydrogen-bond donors (Lipinski definition) is 1. The third-order valence-electron chi connectivity index (χ3n) is 2.77. The van der Waals surface area contributed by atoms with E-state index in [1.165, 1.54) is 5.56 Å². The van der Waals surface area contributed by atoms with Gasteiger partial charge < -0.3 is 9.73 Å². The molecule has 0 saturated carbocycles. The van der Waals surface area contributed by atoms with Crippen LogP contribution in [-0.2, 0) is 12.3 Å². The van der Waals surface area contributed by atoms with Crippen molar-refractivity contribution in [1.29, 1.82) is 0 Å². The summed E-state index contributed by atoms with van der Waals surface area (Å²) in [4.78, 5) is 4.12. The van der Waals surface area contributed by atoms with Crippen LogP contribution in [0.4, 0.5) is 0 Å². The molecule has 2 rings (SSSR count). The molecule has 0 spiro atoms. The van der Waals surface area contributed by atoms with Crippen LogP contribution in [0.3, 0.4) is 0 Å². The standard InChI is InChI=1S/C14H18N2OS/c1-11(12-4-3-7-15-8-12)16-9-13-5-6-14(17-13)10-18-2/h3-8,11,16H,9-10H2,1-2H3/t11-/m0/s1. The molecule has 2 heterocycles. The van der Waals surface area contributed by atoms with Gasteiger partial charge in [-0.05, 0) is 36.9 Å². The minimum Gasteiger partial charge on any atom is -0.464 e. The molecule has 0 aliphatic rings. The Kier molecular flexibility index (Phi) is 4.84. The lowest BCUT2D eigenvalue weighted by atomic mass is 10.1. The minimum atomic E-state index is 0.271. The van der Waals surface area contributed by atoms with Crippen LogP contribution in [0.25, 0.3) is 0 Å². The van der Waals surface area contributed by atoms with E-state index in [4.69, 9.17) is 4.42 Å². The van der Waals surface area contributed by atoms with E-state index in [0.29, 0.717) is 0 Å². The lowest BCUT2D eigenvalue weighted by Gasteiger charge is -2.12. The fourth-order valence-corrected chi connectivity index (χ4v) is 2.18. The first-order valence-corrected chi connectivity index (χ1v) is 7.39. The molecule has 0 bridgehead atoms. The first-order chi connectivity index (χ1) is 8.79. The fourth-order valence-electron chi connectivity index (χ4n) is 1.74. The minimum absolute atomic E-state index is 0.271. The summed E-state index contributed by atoms with van der Waals surface area (Å²) in [5.41, 5.74) is 1.19. The van der Waals surface area contributed by atoms with Crippen molar-refractivity contribution in [2.45, 2.75) is 25.3 Å². The third-order valence-corrected chi connectivity index (χ3v) is 3.34. The van der Waals surface area contributed by atoms with Gasteiger partial charge in [-0.1, -0.05) is 6.07 Å². The second-order valence-corrected chi connectivity index (χ2v) is 5.06. The van der Waals surface area contributed by atoms with Gasteiger partial charge in [0.1, 0.15) is 11.5 Å². The number of hydrogen-bond acceptors (Lipinski definition) is 4. The Bertz CT molecular complexity index is 470. The smallest absolute Gasteiger partial charge is 0.118 e. The van der Waals surface area contributed by atoms with Crippen LogP contribution in [-0.4, -0.2) is 11.2 Å². The largest absolute Gasteiger partial charge is 0.464 e. The van der Waals surface area contributed by atoms with Crippen LogP contribution >= 0.6 is 11.8 Å². The van der Waals surface area contributed by atoms with Gasteiger partial charge in [-0.25, -0.2) is 0 Å². The van der Waals surface area contributed by atoms with Gasteiger partial charge in [0.15, 0.2) is 0 Å². The Hall–Kier alpha value is -1.26. The van der Waals surface area contributed by atoms with Gasteiger partial charge in [0, 0.05) is 18.4 Å². The zero-order chi connectivity index (χ0) is 12.8. The molecule has 2 aromatic heterocycles. The van der Waals surface area contributed by atoms with Crippen molar-refractivity contribution < 1.29 is 4.42 Å². The SMILES string of the molecule is CSCc1ccc(CN[C@@H](C)c2cccnc2)o1. The molecule has 0 amide bonds. The summed E-state index contributed by atoms with van der Waals surface area (Å²) < 4.78 is 5.71. The molecule has 96 valence electrons. The first-order valence-electron chi connectivity index (χ1n) is 5.99. The summed E-state index contributed by atoms with van der Waals surface area (Å²) in [6.07, 6.45) is 5.75. The molecule has 1 N–H and O–H groups in total. The highest BCUT2D eigenvalue weighted by Crippen LogP contribution is 2.15. The van der Waals surface area contributed by atoms with Crippen LogP contribution in [0.15, 0.2) is 41.1 Å². The average Bonchev–Trinajstić information content (AvgIpc) is 2.85. The van der Waals surface area contributed by atoms with Crippen molar-refractivity contribution in [3.05, 3.63) is 53.7 Å². The lowest BCUT2D eigenvalue weighted by molar-refractivity contribution is 0.442. The molecular formula is C14H18N2OS. The highest BCUT2D eigenvalue weighted by molar-refractivity contribution is 7.97. The topological polar surface area (TPSA) is 38.1 Å². The molecular weight excluding hydrogens is 244 g/mol. The molecule has 0 radical (unpaired) electrons. The van der Waals surface area contributed by atoms with Crippen LogP contribution in [0, 0.1) is 0 Å². The Morgan fingerprint density at radius 2 is 2.17 bits per heavy atom. The Labute approximate surface area is 112 Å². The summed E-state index contributed by atoms with van der Waals surface area (Å²) >= 11 is 1.77. The second kappa shape index (κ2) is 6.61. The number of rotatable bonds is 6. The van der Waals surface area contributed by atoms with Crippen LogP contribution in [0.2, 0.25) is 0 Å². The molecule has 3 nitrogen and oxygen atoms in total. The van der Waals surface area contributed by atoms with Crippen LogP contribution < -0.4 is 5.32 Å². The Balaban J connectivity index is 1.87. The van der Waals surface area contributed by atoms with E-state index in [0.717, 1.165) is 23.8 Å². The average molecular weight is 262 g/mol. The molecule has 0 aromatic carbocycles. The molecule has 0 fully saturated rings. The van der Waals surface area contributed by atoms with Gasteiger partial charge >= 0.3 is 0 Å². The number of aromatic nitrogens is 1. The number of nitrogens with zero attached hydrogens (tertiary/aromatic N) is 1. The summed E-state index contributed by atoms with van der Waals surface area (Å²) in [7, 11) is 0. The van der Waals surface area contributed by atoms with E-state index in [1.54, 1.807) is 18.0 Å². The predicted molar refractivity (Wildman–Crippen MR) is 75.4 cm³/mol. The first kappa shape index (κ1) is 13.2. The summed E-state index contributed by atoms with van der Waals surface area (Å²) in [5.74, 6) is 2.95. The van der Waals surface area contributed by atoms with Gasteiger partial charge in [0.25, 0.3) is 0 Å². The summed E-state index contributed by atoms with van der Waals surface area (Å²) in [6, 6.07) is 8.38. The van der Waals surface area contributed by atoms with Gasteiger partial charge in [-0.2, -0.15) is 11.8 Å². The molecule has 4 heteroatoms. The highest BCUT2D eigenvalue weighted by Gasteiger charge is 2.06. The van der Waals surface area contributed by atoms with Gasteiger partial charge in [-0.15, -0.1) is 0 Å². The molecule has 0 aliphatic heterocycles.